The van der Waals surface area contributed by atoms with Crippen LogP contribution in [-0.2, 0) is 16.1 Å². The van der Waals surface area contributed by atoms with Crippen molar-refractivity contribution < 1.29 is 19.0 Å². The molecule has 174 valence electrons. The molecule has 33 heavy (non-hydrogen) atoms. The summed E-state index contributed by atoms with van der Waals surface area (Å²) in [6.45, 7) is 0.635. The van der Waals surface area contributed by atoms with E-state index in [0.29, 0.717) is 40.9 Å². The van der Waals surface area contributed by atoms with Gasteiger partial charge in [0.1, 0.15) is 18.5 Å². The quantitative estimate of drug-likeness (QED) is 0.316. The van der Waals surface area contributed by atoms with E-state index in [1.54, 1.807) is 0 Å². The molecule has 0 unspecified atom stereocenters. The molecule has 4 N–H and O–H groups in total. The number of nitrogens with two attached hydrogens (primary N) is 2. The van der Waals surface area contributed by atoms with Crippen LogP contribution in [0.3, 0.4) is 0 Å². The van der Waals surface area contributed by atoms with Crippen LogP contribution in [0.25, 0.3) is 11.2 Å². The number of nitrogen functional groups attached to an aromatic ring is 1. The van der Waals surface area contributed by atoms with Gasteiger partial charge in [0.2, 0.25) is 6.79 Å². The number of aryl methyl sites for hydroxylation is 1. The van der Waals surface area contributed by atoms with E-state index < -0.39 is 6.04 Å². The van der Waals surface area contributed by atoms with E-state index in [-0.39, 0.29) is 18.9 Å². The number of esters is 1. The lowest BCUT2D eigenvalue weighted by Gasteiger charge is -2.16. The summed E-state index contributed by atoms with van der Waals surface area (Å²) in [6, 6.07) is 3.13. The number of carbonyl (C=O) groups is 1. The second-order valence-electron chi connectivity index (χ2n) is 7.95. The predicted molar refractivity (Wildman–Crippen MR) is 130 cm³/mol. The zero-order valence-electron chi connectivity index (χ0n) is 17.7. The molecular weight excluding hydrogens is 559 g/mol. The van der Waals surface area contributed by atoms with Crippen LogP contribution >= 0.6 is 34.4 Å². The zero-order valence-corrected chi connectivity index (χ0v) is 20.7. The fourth-order valence-corrected chi connectivity index (χ4v) is 5.65. The summed E-state index contributed by atoms with van der Waals surface area (Å²) in [4.78, 5) is 26.5. The molecule has 0 amide bonds. The topological polar surface area (TPSA) is 140 Å². The van der Waals surface area contributed by atoms with Gasteiger partial charge in [0.15, 0.2) is 33.6 Å². The van der Waals surface area contributed by atoms with Crippen LogP contribution in [0, 0.1) is 3.57 Å². The lowest BCUT2D eigenvalue weighted by Crippen LogP contribution is -2.35. The van der Waals surface area contributed by atoms with E-state index >= 15 is 0 Å². The molecule has 2 aliphatic rings. The first-order valence-corrected chi connectivity index (χ1v) is 12.6. The molecule has 1 saturated carbocycles. The van der Waals surface area contributed by atoms with Crippen LogP contribution in [0.15, 0.2) is 28.5 Å². The molecule has 12 heteroatoms. The largest absolute Gasteiger partial charge is 0.461 e. The Morgan fingerprint density at radius 3 is 2.82 bits per heavy atom. The molecule has 0 spiro atoms. The van der Waals surface area contributed by atoms with E-state index in [1.807, 2.05) is 16.7 Å². The normalized spacial score (nSPS) is 16.4. The van der Waals surface area contributed by atoms with Crippen molar-refractivity contribution in [1.82, 2.24) is 19.5 Å². The molecule has 10 nitrogen and oxygen atoms in total. The Bertz CT molecular complexity index is 1200. The third-order valence-electron chi connectivity index (χ3n) is 5.71. The van der Waals surface area contributed by atoms with Gasteiger partial charge in [-0.05, 0) is 66.8 Å². The van der Waals surface area contributed by atoms with Gasteiger partial charge in [0, 0.05) is 15.0 Å². The number of halogens is 1. The minimum Gasteiger partial charge on any atom is -0.461 e. The Labute approximate surface area is 207 Å². The number of anilines is 1. The summed E-state index contributed by atoms with van der Waals surface area (Å²) in [5.74, 6) is 1.35. The monoisotopic (exact) mass is 582 g/mol. The van der Waals surface area contributed by atoms with Gasteiger partial charge in [-0.3, -0.25) is 4.79 Å². The van der Waals surface area contributed by atoms with Crippen molar-refractivity contribution in [2.24, 2.45) is 5.73 Å². The van der Waals surface area contributed by atoms with Crippen molar-refractivity contribution in [3.63, 3.8) is 0 Å². The summed E-state index contributed by atoms with van der Waals surface area (Å²) in [6.07, 6.45) is 5.79. The molecule has 1 aromatic carbocycles. The second-order valence-corrected chi connectivity index (χ2v) is 10.1. The molecular formula is C21H23IN6O4S. The third-order valence-corrected chi connectivity index (χ3v) is 8.02. The number of ether oxygens (including phenoxy) is 3. The van der Waals surface area contributed by atoms with Crippen LogP contribution in [0.5, 0.6) is 11.5 Å². The molecule has 1 fully saturated rings. The standard InChI is InChI=1S/C21H23IN6O4S/c22-12-7-14-15(31-10-30-14)8-16(12)33-21-27-17-18(24)25-9-26-19(17)28(21)6-5-13(23)20(29)32-11-3-1-2-4-11/h7-9,11,13H,1-6,10,23H2,(H2,24,25,26)/t13-/m0/s1. The maximum atomic E-state index is 12.5. The van der Waals surface area contributed by atoms with Gasteiger partial charge < -0.3 is 30.2 Å². The molecule has 3 aromatic rings. The van der Waals surface area contributed by atoms with Gasteiger partial charge in [0.05, 0.1) is 0 Å². The number of nitrogens with zero attached hydrogens (tertiary/aromatic N) is 4. The highest BCUT2D eigenvalue weighted by Crippen LogP contribution is 2.41. The van der Waals surface area contributed by atoms with Gasteiger partial charge in [-0.15, -0.1) is 0 Å². The van der Waals surface area contributed by atoms with Crippen LogP contribution in [0.2, 0.25) is 0 Å². The Morgan fingerprint density at radius 2 is 2.03 bits per heavy atom. The fraction of sp³-hybridized carbons (Fsp3) is 0.429. The Kier molecular flexibility index (Phi) is 6.47. The molecule has 0 saturated heterocycles. The second kappa shape index (κ2) is 9.50. The first-order valence-electron chi connectivity index (χ1n) is 10.7. The minimum absolute atomic E-state index is 0.00985. The van der Waals surface area contributed by atoms with Crippen molar-refractivity contribution in [2.75, 3.05) is 12.5 Å². The molecule has 1 atom stereocenters. The predicted octanol–water partition coefficient (Wildman–Crippen LogP) is 3.10. The Morgan fingerprint density at radius 1 is 1.27 bits per heavy atom. The molecule has 1 aliphatic heterocycles. The highest BCUT2D eigenvalue weighted by Gasteiger charge is 2.25. The maximum absolute atomic E-state index is 12.5. The summed E-state index contributed by atoms with van der Waals surface area (Å²) in [5.41, 5.74) is 13.3. The van der Waals surface area contributed by atoms with Crippen LogP contribution in [-0.4, -0.2) is 44.4 Å². The SMILES string of the molecule is Nc1ncnc2c1nc(Sc1cc3c(cc1I)OCO3)n2CC[C@H](N)C(=O)OC1CCCC1. The van der Waals surface area contributed by atoms with Crippen molar-refractivity contribution in [3.8, 4) is 11.5 Å². The number of aromatic nitrogens is 4. The van der Waals surface area contributed by atoms with Crippen molar-refractivity contribution in [2.45, 2.75) is 60.8 Å². The fourth-order valence-electron chi connectivity index (χ4n) is 3.93. The number of hydrogen-bond acceptors (Lipinski definition) is 10. The maximum Gasteiger partial charge on any atom is 0.323 e. The van der Waals surface area contributed by atoms with Gasteiger partial charge in [0.25, 0.3) is 0 Å². The number of hydrogen-bond donors (Lipinski definition) is 2. The van der Waals surface area contributed by atoms with Crippen molar-refractivity contribution in [1.29, 1.82) is 0 Å². The van der Waals surface area contributed by atoms with Crippen molar-refractivity contribution in [3.05, 3.63) is 22.0 Å². The van der Waals surface area contributed by atoms with E-state index in [0.717, 1.165) is 39.9 Å². The first-order chi connectivity index (χ1) is 16.0. The van der Waals surface area contributed by atoms with Gasteiger partial charge in [-0.2, -0.15) is 0 Å². The number of imidazole rings is 1. The van der Waals surface area contributed by atoms with Gasteiger partial charge in [-0.1, -0.05) is 11.8 Å². The lowest BCUT2D eigenvalue weighted by molar-refractivity contribution is -0.150. The zero-order chi connectivity index (χ0) is 22.9. The van der Waals surface area contributed by atoms with Gasteiger partial charge >= 0.3 is 5.97 Å². The van der Waals surface area contributed by atoms with Gasteiger partial charge in [-0.25, -0.2) is 15.0 Å². The van der Waals surface area contributed by atoms with E-state index in [9.17, 15) is 4.79 Å². The Hall–Kier alpha value is -2.32. The van der Waals surface area contributed by atoms with E-state index in [1.165, 1.54) is 18.1 Å². The van der Waals surface area contributed by atoms with E-state index in [2.05, 4.69) is 32.6 Å². The highest BCUT2D eigenvalue weighted by atomic mass is 127. The Balaban J connectivity index is 1.39. The number of rotatable bonds is 7. The molecule has 3 heterocycles. The molecule has 1 aliphatic carbocycles. The highest BCUT2D eigenvalue weighted by molar-refractivity contribution is 14.1. The molecule has 0 radical (unpaired) electrons. The summed E-state index contributed by atoms with van der Waals surface area (Å²) >= 11 is 3.71. The summed E-state index contributed by atoms with van der Waals surface area (Å²) < 4.78 is 19.5. The van der Waals surface area contributed by atoms with Crippen LogP contribution < -0.4 is 20.9 Å². The summed E-state index contributed by atoms with van der Waals surface area (Å²) in [5, 5.41) is 0.672. The minimum atomic E-state index is -0.731. The van der Waals surface area contributed by atoms with Crippen LogP contribution in [0.4, 0.5) is 5.82 Å². The molecule has 5 rings (SSSR count). The van der Waals surface area contributed by atoms with Crippen molar-refractivity contribution >= 4 is 57.3 Å². The smallest absolute Gasteiger partial charge is 0.323 e. The average molecular weight is 582 g/mol. The summed E-state index contributed by atoms with van der Waals surface area (Å²) in [7, 11) is 0. The first kappa shape index (κ1) is 22.5. The molecule has 0 bridgehead atoms. The molecule has 2 aromatic heterocycles. The number of fused-ring (bicyclic) bond motifs is 2. The van der Waals surface area contributed by atoms with E-state index in [4.69, 9.17) is 30.7 Å². The van der Waals surface area contributed by atoms with Crippen LogP contribution in [0.1, 0.15) is 32.1 Å². The third kappa shape index (κ3) is 4.68. The number of benzene rings is 1. The lowest BCUT2D eigenvalue weighted by atomic mass is 10.2. The number of carbonyl (C=O) groups excluding carboxylic acids is 1. The average Bonchev–Trinajstić information content (AvgIpc) is 3.53.